The highest BCUT2D eigenvalue weighted by atomic mass is 16.5. The number of hydrogen-bond donors (Lipinski definition) is 2. The Bertz CT molecular complexity index is 1680. The lowest BCUT2D eigenvalue weighted by Gasteiger charge is -2.33. The zero-order valence-electron chi connectivity index (χ0n) is 25.5. The molecule has 2 N–H and O–H groups in total. The summed E-state index contributed by atoms with van der Waals surface area (Å²) in [4.78, 5) is 19.4. The second-order valence-electron chi connectivity index (χ2n) is 12.2. The third kappa shape index (κ3) is 5.39. The standard InChI is InChI=1S/C35H40N8O/c1-2-25-8-3-9-26-10-4-12-30(31(25)26)42-21-13-28-29(23-42)40-34(44-24-35-14-6-19-43(35)20-7-15-35)41-33(28)39-18-17-38-32-27(22-36)11-5-16-37-32/h3-5,8-12,16H,2,6-7,13-15,17-21,23-24H2,1H3,(H,37,38)(H,39,40,41). The molecular weight excluding hydrogens is 548 g/mol. The number of fused-ring (bicyclic) bond motifs is 3. The second kappa shape index (κ2) is 12.3. The van der Waals surface area contributed by atoms with E-state index in [-0.39, 0.29) is 5.54 Å². The topological polar surface area (TPSA) is 102 Å². The van der Waals surface area contributed by atoms with E-state index in [1.165, 1.54) is 47.7 Å². The monoisotopic (exact) mass is 588 g/mol. The molecule has 0 unspecified atom stereocenters. The Balaban J connectivity index is 1.15. The van der Waals surface area contributed by atoms with Gasteiger partial charge in [0.15, 0.2) is 0 Å². The first-order chi connectivity index (χ1) is 21.7. The quantitative estimate of drug-likeness (QED) is 0.231. The summed E-state index contributed by atoms with van der Waals surface area (Å²) in [7, 11) is 0. The van der Waals surface area contributed by atoms with Crippen molar-refractivity contribution in [2.75, 3.05) is 54.9 Å². The number of ether oxygens (including phenoxy) is 1. The van der Waals surface area contributed by atoms with Crippen LogP contribution in [0.25, 0.3) is 10.8 Å². The Labute approximate surface area is 259 Å². The summed E-state index contributed by atoms with van der Waals surface area (Å²) in [5.74, 6) is 1.44. The van der Waals surface area contributed by atoms with Crippen LogP contribution in [0.15, 0.2) is 54.7 Å². The Morgan fingerprint density at radius 2 is 1.75 bits per heavy atom. The number of hydrogen-bond acceptors (Lipinski definition) is 9. The smallest absolute Gasteiger partial charge is 0.318 e. The number of aromatic nitrogens is 3. The maximum atomic E-state index is 9.41. The van der Waals surface area contributed by atoms with Crippen molar-refractivity contribution in [1.82, 2.24) is 19.9 Å². The zero-order chi connectivity index (χ0) is 29.9. The molecule has 0 radical (unpaired) electrons. The second-order valence-corrected chi connectivity index (χ2v) is 12.2. The van der Waals surface area contributed by atoms with E-state index in [1.807, 2.05) is 0 Å². The van der Waals surface area contributed by atoms with Gasteiger partial charge in [0.05, 0.1) is 23.3 Å². The lowest BCUT2D eigenvalue weighted by molar-refractivity contribution is 0.107. The van der Waals surface area contributed by atoms with Crippen LogP contribution in [0.1, 0.15) is 55.0 Å². The third-order valence-electron chi connectivity index (χ3n) is 9.65. The van der Waals surface area contributed by atoms with Crippen LogP contribution in [0.5, 0.6) is 6.01 Å². The van der Waals surface area contributed by atoms with Crippen molar-refractivity contribution < 1.29 is 4.74 Å². The Morgan fingerprint density at radius 1 is 0.955 bits per heavy atom. The summed E-state index contributed by atoms with van der Waals surface area (Å²) in [6, 6.07) is 19.4. The van der Waals surface area contributed by atoms with Crippen molar-refractivity contribution in [3.05, 3.63) is 77.1 Å². The predicted molar refractivity (Wildman–Crippen MR) is 174 cm³/mol. The van der Waals surface area contributed by atoms with Gasteiger partial charge in [-0.05, 0) is 80.8 Å². The number of benzene rings is 2. The van der Waals surface area contributed by atoms with Crippen LogP contribution in [-0.4, -0.2) is 64.7 Å². The van der Waals surface area contributed by atoms with Gasteiger partial charge in [0.1, 0.15) is 24.3 Å². The number of pyridine rings is 1. The lowest BCUT2D eigenvalue weighted by atomic mass is 9.95. The first kappa shape index (κ1) is 28.4. The van der Waals surface area contributed by atoms with E-state index in [0.29, 0.717) is 43.6 Å². The van der Waals surface area contributed by atoms with Crippen LogP contribution < -0.4 is 20.3 Å². The summed E-state index contributed by atoms with van der Waals surface area (Å²) in [5.41, 5.74) is 5.47. The Kier molecular flexibility index (Phi) is 7.92. The van der Waals surface area contributed by atoms with Crippen molar-refractivity contribution in [2.45, 2.75) is 57.5 Å². The first-order valence-corrected chi connectivity index (χ1v) is 16.0. The van der Waals surface area contributed by atoms with Gasteiger partial charge >= 0.3 is 6.01 Å². The highest BCUT2D eigenvalue weighted by Gasteiger charge is 2.45. The summed E-state index contributed by atoms with van der Waals surface area (Å²) in [6.45, 7) is 8.00. The van der Waals surface area contributed by atoms with E-state index < -0.39 is 0 Å². The zero-order valence-corrected chi connectivity index (χ0v) is 25.5. The molecule has 0 saturated carbocycles. The summed E-state index contributed by atoms with van der Waals surface area (Å²) in [6.07, 6.45) is 8.36. The van der Waals surface area contributed by atoms with Gasteiger partial charge in [0.25, 0.3) is 0 Å². The van der Waals surface area contributed by atoms with Crippen molar-refractivity contribution in [3.63, 3.8) is 0 Å². The number of anilines is 3. The van der Waals surface area contributed by atoms with E-state index in [2.05, 4.69) is 74.8 Å². The van der Waals surface area contributed by atoms with Crippen LogP contribution >= 0.6 is 0 Å². The van der Waals surface area contributed by atoms with Crippen molar-refractivity contribution in [3.8, 4) is 12.1 Å². The molecule has 3 aliphatic heterocycles. The van der Waals surface area contributed by atoms with E-state index >= 15 is 0 Å². The van der Waals surface area contributed by atoms with Gasteiger partial charge in [-0.15, -0.1) is 0 Å². The Hall–Kier alpha value is -4.42. The number of nitrogens with one attached hydrogen (secondary N) is 2. The van der Waals surface area contributed by atoms with Gasteiger partial charge in [0, 0.05) is 42.5 Å². The highest BCUT2D eigenvalue weighted by Crippen LogP contribution is 2.39. The van der Waals surface area contributed by atoms with Crippen LogP contribution in [0, 0.1) is 11.3 Å². The molecule has 0 aliphatic carbocycles. The SMILES string of the molecule is CCc1cccc2cccc(N3CCc4c(nc(OCC56CCCN5CCC6)nc4NCCNc4ncccc4C#N)C3)c12. The van der Waals surface area contributed by atoms with Crippen molar-refractivity contribution >= 4 is 28.1 Å². The molecule has 2 fully saturated rings. The molecule has 0 bridgehead atoms. The molecule has 7 rings (SSSR count). The molecule has 2 saturated heterocycles. The van der Waals surface area contributed by atoms with Crippen molar-refractivity contribution in [1.29, 1.82) is 5.26 Å². The molecule has 44 heavy (non-hydrogen) atoms. The fraction of sp³-hybridized carbons (Fsp3) is 0.429. The molecule has 2 aromatic carbocycles. The molecule has 0 atom stereocenters. The molecule has 4 aromatic rings. The van der Waals surface area contributed by atoms with E-state index in [0.717, 1.165) is 49.6 Å². The molecule has 0 spiro atoms. The van der Waals surface area contributed by atoms with Crippen LogP contribution in [-0.2, 0) is 19.4 Å². The molecule has 9 nitrogen and oxygen atoms in total. The minimum absolute atomic E-state index is 0.128. The molecule has 0 amide bonds. The van der Waals surface area contributed by atoms with Crippen molar-refractivity contribution in [2.24, 2.45) is 0 Å². The van der Waals surface area contributed by atoms with Gasteiger partial charge in [-0.3, -0.25) is 4.90 Å². The maximum absolute atomic E-state index is 9.41. The van der Waals surface area contributed by atoms with E-state index in [1.54, 1.807) is 18.3 Å². The number of nitriles is 1. The third-order valence-corrected chi connectivity index (χ3v) is 9.65. The van der Waals surface area contributed by atoms with Gasteiger partial charge in [-0.25, -0.2) is 4.98 Å². The number of rotatable bonds is 10. The van der Waals surface area contributed by atoms with Crippen LogP contribution in [0.4, 0.5) is 17.3 Å². The lowest BCUT2D eigenvalue weighted by Crippen LogP contribution is -2.43. The molecule has 9 heteroatoms. The summed E-state index contributed by atoms with van der Waals surface area (Å²) >= 11 is 0. The van der Waals surface area contributed by atoms with Gasteiger partial charge in [-0.1, -0.05) is 37.3 Å². The van der Waals surface area contributed by atoms with Gasteiger partial charge < -0.3 is 20.3 Å². The Morgan fingerprint density at radius 3 is 2.55 bits per heavy atom. The first-order valence-electron chi connectivity index (χ1n) is 16.0. The minimum Gasteiger partial charge on any atom is -0.461 e. The highest BCUT2D eigenvalue weighted by molar-refractivity contribution is 5.97. The summed E-state index contributed by atoms with van der Waals surface area (Å²) < 4.78 is 6.47. The van der Waals surface area contributed by atoms with Crippen LogP contribution in [0.3, 0.4) is 0 Å². The predicted octanol–water partition coefficient (Wildman–Crippen LogP) is 5.55. The summed E-state index contributed by atoms with van der Waals surface area (Å²) in [5, 5.41) is 18.9. The van der Waals surface area contributed by atoms with Crippen LogP contribution in [0.2, 0.25) is 0 Å². The molecular formula is C35H40N8O. The molecule has 226 valence electrons. The van der Waals surface area contributed by atoms with Gasteiger partial charge in [0.2, 0.25) is 0 Å². The molecule has 3 aliphatic rings. The average Bonchev–Trinajstić information content (AvgIpc) is 3.66. The fourth-order valence-corrected chi connectivity index (χ4v) is 7.44. The minimum atomic E-state index is 0.128. The average molecular weight is 589 g/mol. The largest absolute Gasteiger partial charge is 0.461 e. The van der Waals surface area contributed by atoms with E-state index in [4.69, 9.17) is 14.7 Å². The fourth-order valence-electron chi connectivity index (χ4n) is 7.44. The number of nitrogens with zero attached hydrogens (tertiary/aromatic N) is 6. The normalized spacial score (nSPS) is 17.2. The van der Waals surface area contributed by atoms with E-state index in [9.17, 15) is 5.26 Å². The molecule has 5 heterocycles. The maximum Gasteiger partial charge on any atom is 0.318 e. The number of aryl methyl sites for hydroxylation is 1. The van der Waals surface area contributed by atoms with Gasteiger partial charge in [-0.2, -0.15) is 15.2 Å². The molecule has 2 aromatic heterocycles.